The fraction of sp³-hybridized carbons (Fsp3) is 0.375. The number of imide groups is 1. The monoisotopic (exact) mass is 272 g/mol. The van der Waals surface area contributed by atoms with Crippen LogP contribution in [-0.4, -0.2) is 39.7 Å². The first-order valence-electron chi connectivity index (χ1n) is 4.44. The smallest absolute Gasteiger partial charge is 0.324 e. The number of rotatable bonds is 2. The van der Waals surface area contributed by atoms with Crippen molar-refractivity contribution in [2.75, 3.05) is 13.1 Å². The Kier molecular flexibility index (Phi) is 2.72. The third-order valence-electron chi connectivity index (χ3n) is 2.06. The summed E-state index contributed by atoms with van der Waals surface area (Å²) in [6.07, 6.45) is 1.68. The highest BCUT2D eigenvalue weighted by Crippen LogP contribution is 2.05. The summed E-state index contributed by atoms with van der Waals surface area (Å²) in [5, 5.41) is 6.57. The Bertz CT molecular complexity index is 403. The molecule has 1 aromatic heterocycles. The molecule has 80 valence electrons. The predicted molar refractivity (Wildman–Crippen MR) is 55.0 cm³/mol. The average Bonchev–Trinajstić information content (AvgIpc) is 2.75. The van der Waals surface area contributed by atoms with Crippen LogP contribution < -0.4 is 5.32 Å². The Morgan fingerprint density at radius 3 is 3.00 bits per heavy atom. The quantitative estimate of drug-likeness (QED) is 0.836. The van der Waals surface area contributed by atoms with Gasteiger partial charge in [0, 0.05) is 19.3 Å². The van der Waals surface area contributed by atoms with Gasteiger partial charge in [-0.25, -0.2) is 4.79 Å². The van der Waals surface area contributed by atoms with Crippen LogP contribution in [0.3, 0.4) is 0 Å². The lowest BCUT2D eigenvalue weighted by Crippen LogP contribution is -2.36. The maximum atomic E-state index is 11.6. The van der Waals surface area contributed by atoms with Crippen molar-refractivity contribution in [3.63, 3.8) is 0 Å². The molecule has 1 saturated heterocycles. The van der Waals surface area contributed by atoms with E-state index in [-0.39, 0.29) is 18.5 Å². The van der Waals surface area contributed by atoms with Crippen LogP contribution in [0.5, 0.6) is 0 Å². The van der Waals surface area contributed by atoms with Crippen LogP contribution in [0.15, 0.2) is 16.9 Å². The molecule has 7 heteroatoms. The third kappa shape index (κ3) is 2.17. The average molecular weight is 273 g/mol. The zero-order chi connectivity index (χ0) is 10.8. The molecular formula is C8H9BrN4O2. The van der Waals surface area contributed by atoms with E-state index in [1.807, 2.05) is 0 Å². The van der Waals surface area contributed by atoms with Gasteiger partial charge in [0.15, 0.2) is 0 Å². The highest BCUT2D eigenvalue weighted by Gasteiger charge is 2.26. The topological polar surface area (TPSA) is 67.2 Å². The normalized spacial score (nSPS) is 15.5. The molecule has 1 N–H and O–H groups in total. The van der Waals surface area contributed by atoms with E-state index in [9.17, 15) is 9.59 Å². The number of amides is 3. The first-order valence-corrected chi connectivity index (χ1v) is 5.23. The summed E-state index contributed by atoms with van der Waals surface area (Å²) >= 11 is 3.18. The third-order valence-corrected chi connectivity index (χ3v) is 2.49. The van der Waals surface area contributed by atoms with E-state index in [0.29, 0.717) is 17.7 Å². The summed E-state index contributed by atoms with van der Waals surface area (Å²) < 4.78 is 2.15. The molecule has 6 nitrogen and oxygen atoms in total. The molecule has 1 aromatic rings. The Hall–Kier alpha value is -1.37. The molecular weight excluding hydrogens is 264 g/mol. The number of nitrogens with one attached hydrogen (secondary N) is 1. The number of hydrogen-bond donors (Lipinski definition) is 1. The highest BCUT2D eigenvalue weighted by molar-refractivity contribution is 9.10. The number of hydrogen-bond acceptors (Lipinski definition) is 3. The SMILES string of the molecule is O=C(Cn1ccc(Br)n1)N1CCNC1=O. The molecule has 3 amide bonds. The highest BCUT2D eigenvalue weighted by atomic mass is 79.9. The predicted octanol–water partition coefficient (Wildman–Crippen LogP) is 0.197. The van der Waals surface area contributed by atoms with Gasteiger partial charge >= 0.3 is 6.03 Å². The molecule has 15 heavy (non-hydrogen) atoms. The molecule has 1 fully saturated rings. The van der Waals surface area contributed by atoms with Crippen molar-refractivity contribution in [1.29, 1.82) is 0 Å². The van der Waals surface area contributed by atoms with Crippen LogP contribution >= 0.6 is 15.9 Å². The second kappa shape index (κ2) is 4.01. The van der Waals surface area contributed by atoms with Crippen molar-refractivity contribution in [2.24, 2.45) is 0 Å². The summed E-state index contributed by atoms with van der Waals surface area (Å²) in [5.74, 6) is -0.249. The van der Waals surface area contributed by atoms with E-state index >= 15 is 0 Å². The van der Waals surface area contributed by atoms with Crippen LogP contribution in [0.1, 0.15) is 0 Å². The summed E-state index contributed by atoms with van der Waals surface area (Å²) in [6, 6.07) is 1.41. The summed E-state index contributed by atoms with van der Waals surface area (Å²) in [4.78, 5) is 24.0. The van der Waals surface area contributed by atoms with Crippen molar-refractivity contribution in [2.45, 2.75) is 6.54 Å². The molecule has 2 rings (SSSR count). The standard InChI is InChI=1S/C8H9BrN4O2/c9-6-1-3-12(11-6)5-7(14)13-4-2-10-8(13)15/h1,3H,2,4-5H2,(H,10,15). The van der Waals surface area contributed by atoms with Crippen LogP contribution in [0.2, 0.25) is 0 Å². The van der Waals surface area contributed by atoms with Gasteiger partial charge in [-0.05, 0) is 22.0 Å². The lowest BCUT2D eigenvalue weighted by atomic mass is 10.5. The number of urea groups is 1. The van der Waals surface area contributed by atoms with Gasteiger partial charge in [0.05, 0.1) is 0 Å². The molecule has 0 bridgehead atoms. The maximum Gasteiger partial charge on any atom is 0.324 e. The van der Waals surface area contributed by atoms with Gasteiger partial charge in [-0.3, -0.25) is 14.4 Å². The van der Waals surface area contributed by atoms with Crippen molar-refractivity contribution >= 4 is 27.9 Å². The number of carbonyl (C=O) groups is 2. The zero-order valence-corrected chi connectivity index (χ0v) is 9.40. The van der Waals surface area contributed by atoms with Gasteiger partial charge in [0.2, 0.25) is 0 Å². The van der Waals surface area contributed by atoms with Gasteiger partial charge in [-0.15, -0.1) is 0 Å². The van der Waals surface area contributed by atoms with Crippen LogP contribution in [-0.2, 0) is 11.3 Å². The molecule has 0 aromatic carbocycles. The van der Waals surface area contributed by atoms with E-state index in [2.05, 4.69) is 26.3 Å². The van der Waals surface area contributed by atoms with Gasteiger partial charge in [0.25, 0.3) is 5.91 Å². The maximum absolute atomic E-state index is 11.6. The molecule has 0 radical (unpaired) electrons. The van der Waals surface area contributed by atoms with Crippen LogP contribution in [0.4, 0.5) is 4.79 Å². The van der Waals surface area contributed by atoms with E-state index in [4.69, 9.17) is 0 Å². The first-order chi connectivity index (χ1) is 7.16. The van der Waals surface area contributed by atoms with Crippen LogP contribution in [0.25, 0.3) is 0 Å². The number of nitrogens with zero attached hydrogens (tertiary/aromatic N) is 3. The second-order valence-corrected chi connectivity index (χ2v) is 3.93. The lowest BCUT2D eigenvalue weighted by Gasteiger charge is -2.11. The molecule has 0 unspecified atom stereocenters. The van der Waals surface area contributed by atoms with Crippen LogP contribution in [0, 0.1) is 0 Å². The van der Waals surface area contributed by atoms with E-state index in [0.717, 1.165) is 0 Å². The largest absolute Gasteiger partial charge is 0.336 e. The van der Waals surface area contributed by atoms with Gasteiger partial charge in [0.1, 0.15) is 11.1 Å². The molecule has 0 aliphatic carbocycles. The minimum absolute atomic E-state index is 0.0824. The Morgan fingerprint density at radius 2 is 2.47 bits per heavy atom. The van der Waals surface area contributed by atoms with Crippen molar-refractivity contribution in [3.05, 3.63) is 16.9 Å². The Balaban J connectivity index is 2.00. The van der Waals surface area contributed by atoms with Crippen molar-refractivity contribution < 1.29 is 9.59 Å². The number of halogens is 1. The summed E-state index contributed by atoms with van der Waals surface area (Å²) in [5.41, 5.74) is 0. The van der Waals surface area contributed by atoms with Gasteiger partial charge < -0.3 is 5.32 Å². The minimum atomic E-state index is -0.328. The first kappa shape index (κ1) is 10.2. The van der Waals surface area contributed by atoms with Gasteiger partial charge in [-0.1, -0.05) is 0 Å². The van der Waals surface area contributed by atoms with Gasteiger partial charge in [-0.2, -0.15) is 5.10 Å². The molecule has 0 saturated carbocycles. The number of carbonyl (C=O) groups excluding carboxylic acids is 2. The summed E-state index contributed by atoms with van der Waals surface area (Å²) in [6.45, 7) is 1.03. The van der Waals surface area contributed by atoms with Crippen molar-refractivity contribution in [1.82, 2.24) is 20.0 Å². The number of aromatic nitrogens is 2. The molecule has 1 aliphatic rings. The van der Waals surface area contributed by atoms with E-state index in [1.165, 1.54) is 9.58 Å². The summed E-state index contributed by atoms with van der Waals surface area (Å²) in [7, 11) is 0. The lowest BCUT2D eigenvalue weighted by molar-refractivity contribution is -0.128. The van der Waals surface area contributed by atoms with E-state index < -0.39 is 0 Å². The zero-order valence-electron chi connectivity index (χ0n) is 7.81. The second-order valence-electron chi connectivity index (χ2n) is 3.11. The molecule has 0 spiro atoms. The molecule has 0 atom stereocenters. The van der Waals surface area contributed by atoms with E-state index in [1.54, 1.807) is 12.3 Å². The minimum Gasteiger partial charge on any atom is -0.336 e. The Morgan fingerprint density at radius 1 is 1.67 bits per heavy atom. The Labute approximate surface area is 94.4 Å². The molecule has 2 heterocycles. The van der Waals surface area contributed by atoms with Crippen molar-refractivity contribution in [3.8, 4) is 0 Å². The fourth-order valence-corrected chi connectivity index (χ4v) is 1.68. The molecule has 1 aliphatic heterocycles. The fourth-order valence-electron chi connectivity index (χ4n) is 1.36.